The summed E-state index contributed by atoms with van der Waals surface area (Å²) in [5, 5.41) is 12.0. The van der Waals surface area contributed by atoms with Crippen molar-refractivity contribution >= 4 is 17.7 Å². The van der Waals surface area contributed by atoms with Crippen molar-refractivity contribution in [3.63, 3.8) is 0 Å². The zero-order valence-corrected chi connectivity index (χ0v) is 13.7. The number of carboxylic acid groups (broad SMARTS) is 1. The molecular weight excluding hydrogens is 320 g/mol. The van der Waals surface area contributed by atoms with Gasteiger partial charge in [0.05, 0.1) is 5.92 Å². The number of carboxylic acids is 1. The molecule has 0 radical (unpaired) electrons. The van der Waals surface area contributed by atoms with Crippen molar-refractivity contribution in [1.29, 1.82) is 0 Å². The fourth-order valence-corrected chi connectivity index (χ4v) is 3.16. The number of amides is 1. The van der Waals surface area contributed by atoms with Gasteiger partial charge in [-0.1, -0.05) is 12.1 Å². The molecule has 0 saturated heterocycles. The highest BCUT2D eigenvalue weighted by molar-refractivity contribution is 6.09. The van der Waals surface area contributed by atoms with Gasteiger partial charge in [0.1, 0.15) is 0 Å². The first-order valence-corrected chi connectivity index (χ1v) is 8.36. The van der Waals surface area contributed by atoms with Crippen LogP contribution >= 0.6 is 0 Å². The van der Waals surface area contributed by atoms with Gasteiger partial charge in [-0.2, -0.15) is 0 Å². The number of hydrogen-bond donors (Lipinski definition) is 3. The summed E-state index contributed by atoms with van der Waals surface area (Å²) in [6.07, 6.45) is 5.85. The van der Waals surface area contributed by atoms with Crippen molar-refractivity contribution < 1.29 is 19.5 Å². The molecule has 1 amide bonds. The van der Waals surface area contributed by atoms with Gasteiger partial charge in [0.25, 0.3) is 5.91 Å². The third-order valence-electron chi connectivity index (χ3n) is 4.68. The van der Waals surface area contributed by atoms with Crippen LogP contribution in [0.4, 0.5) is 0 Å². The summed E-state index contributed by atoms with van der Waals surface area (Å²) >= 11 is 0. The van der Waals surface area contributed by atoms with Crippen LogP contribution in [0.5, 0.6) is 0 Å². The van der Waals surface area contributed by atoms with Crippen LogP contribution in [0.15, 0.2) is 42.7 Å². The molecule has 0 bridgehead atoms. The molecule has 25 heavy (non-hydrogen) atoms. The number of ketones is 1. The minimum Gasteiger partial charge on any atom is -0.481 e. The second-order valence-corrected chi connectivity index (χ2v) is 6.37. The summed E-state index contributed by atoms with van der Waals surface area (Å²) in [6.45, 7) is 0. The summed E-state index contributed by atoms with van der Waals surface area (Å²) in [7, 11) is 0. The molecular formula is C19H20N2O4. The topological polar surface area (TPSA) is 99.3 Å². The summed E-state index contributed by atoms with van der Waals surface area (Å²) in [5.41, 5.74) is 1.59. The number of benzene rings is 1. The second kappa shape index (κ2) is 7.34. The van der Waals surface area contributed by atoms with Crippen molar-refractivity contribution in [2.75, 3.05) is 0 Å². The number of H-pyrrole nitrogens is 1. The number of rotatable bonds is 5. The van der Waals surface area contributed by atoms with Gasteiger partial charge < -0.3 is 15.4 Å². The Hall–Kier alpha value is -2.89. The average Bonchev–Trinajstić information content (AvgIpc) is 3.16. The summed E-state index contributed by atoms with van der Waals surface area (Å²) < 4.78 is 0. The van der Waals surface area contributed by atoms with Gasteiger partial charge in [0, 0.05) is 35.1 Å². The maximum atomic E-state index is 12.3. The Labute approximate surface area is 145 Å². The third-order valence-corrected chi connectivity index (χ3v) is 4.68. The maximum absolute atomic E-state index is 12.3. The summed E-state index contributed by atoms with van der Waals surface area (Å²) in [4.78, 5) is 38.3. The third kappa shape index (κ3) is 3.96. The van der Waals surface area contributed by atoms with E-state index in [1.165, 1.54) is 0 Å². The molecule has 1 fully saturated rings. The van der Waals surface area contributed by atoms with Gasteiger partial charge in [0.15, 0.2) is 5.78 Å². The van der Waals surface area contributed by atoms with Gasteiger partial charge >= 0.3 is 5.97 Å². The summed E-state index contributed by atoms with van der Waals surface area (Å²) in [6, 6.07) is 8.27. The van der Waals surface area contributed by atoms with E-state index in [9.17, 15) is 14.4 Å². The van der Waals surface area contributed by atoms with E-state index in [1.807, 2.05) is 0 Å². The van der Waals surface area contributed by atoms with Crippen LogP contribution in [-0.2, 0) is 4.79 Å². The number of aromatic amines is 1. The fraction of sp³-hybridized carbons (Fsp3) is 0.316. The van der Waals surface area contributed by atoms with Crippen LogP contribution in [0, 0.1) is 5.92 Å². The zero-order valence-electron chi connectivity index (χ0n) is 13.7. The standard InChI is InChI=1S/C19H20N2O4/c22-17(15-9-10-20-11-15)12-1-3-13(4-2-12)18(23)21-16-7-5-14(6-8-16)19(24)25/h1-4,9-11,14,16,20H,5-8H2,(H,21,23)(H,24,25). The molecule has 3 rings (SSSR count). The molecule has 0 atom stereocenters. The normalized spacial score (nSPS) is 20.0. The Morgan fingerprint density at radius 3 is 2.12 bits per heavy atom. The van der Waals surface area contributed by atoms with Crippen LogP contribution in [0.3, 0.4) is 0 Å². The lowest BCUT2D eigenvalue weighted by atomic mass is 9.86. The van der Waals surface area contributed by atoms with E-state index in [2.05, 4.69) is 10.3 Å². The molecule has 1 aromatic carbocycles. The molecule has 1 saturated carbocycles. The first-order valence-electron chi connectivity index (χ1n) is 8.36. The van der Waals surface area contributed by atoms with Crippen molar-refractivity contribution in [3.8, 4) is 0 Å². The number of hydrogen-bond acceptors (Lipinski definition) is 3. The SMILES string of the molecule is O=C(NC1CCC(C(=O)O)CC1)c1ccc(C(=O)c2cc[nH]c2)cc1. The minimum absolute atomic E-state index is 0.00395. The number of aliphatic carboxylic acids is 1. The molecule has 6 nitrogen and oxygen atoms in total. The van der Waals surface area contributed by atoms with Crippen molar-refractivity contribution in [1.82, 2.24) is 10.3 Å². The fourth-order valence-electron chi connectivity index (χ4n) is 3.16. The molecule has 1 aliphatic rings. The predicted octanol–water partition coefficient (Wildman–Crippen LogP) is 2.62. The summed E-state index contributed by atoms with van der Waals surface area (Å²) in [5.74, 6) is -1.35. The van der Waals surface area contributed by atoms with E-state index in [0.29, 0.717) is 42.4 Å². The predicted molar refractivity (Wildman–Crippen MR) is 91.5 cm³/mol. The molecule has 0 spiro atoms. The van der Waals surface area contributed by atoms with Gasteiger partial charge in [0.2, 0.25) is 0 Å². The lowest BCUT2D eigenvalue weighted by Crippen LogP contribution is -2.38. The van der Waals surface area contributed by atoms with Crippen LogP contribution in [-0.4, -0.2) is 33.8 Å². The minimum atomic E-state index is -0.757. The van der Waals surface area contributed by atoms with Crippen LogP contribution in [0.2, 0.25) is 0 Å². The quantitative estimate of drug-likeness (QED) is 0.729. The highest BCUT2D eigenvalue weighted by Gasteiger charge is 2.26. The molecule has 1 aliphatic carbocycles. The van der Waals surface area contributed by atoms with Crippen LogP contribution in [0.25, 0.3) is 0 Å². The van der Waals surface area contributed by atoms with E-state index >= 15 is 0 Å². The maximum Gasteiger partial charge on any atom is 0.306 e. The first kappa shape index (κ1) is 17.0. The zero-order chi connectivity index (χ0) is 17.8. The molecule has 1 heterocycles. The monoisotopic (exact) mass is 340 g/mol. The van der Waals surface area contributed by atoms with Crippen molar-refractivity contribution in [2.45, 2.75) is 31.7 Å². The van der Waals surface area contributed by atoms with E-state index in [0.717, 1.165) is 0 Å². The van der Waals surface area contributed by atoms with E-state index in [-0.39, 0.29) is 23.7 Å². The number of nitrogens with one attached hydrogen (secondary N) is 2. The lowest BCUT2D eigenvalue weighted by Gasteiger charge is -2.26. The van der Waals surface area contributed by atoms with Crippen LogP contribution in [0.1, 0.15) is 52.0 Å². The molecule has 0 unspecified atom stereocenters. The number of aromatic nitrogens is 1. The molecule has 2 aromatic rings. The van der Waals surface area contributed by atoms with Gasteiger partial charge in [-0.05, 0) is 43.9 Å². The molecule has 0 aliphatic heterocycles. The molecule has 6 heteroatoms. The largest absolute Gasteiger partial charge is 0.481 e. The second-order valence-electron chi connectivity index (χ2n) is 6.37. The van der Waals surface area contributed by atoms with Crippen LogP contribution < -0.4 is 5.32 Å². The molecule has 1 aromatic heterocycles. The van der Waals surface area contributed by atoms with E-state index < -0.39 is 5.97 Å². The van der Waals surface area contributed by atoms with E-state index in [4.69, 9.17) is 5.11 Å². The Bertz CT molecular complexity index is 757. The Morgan fingerprint density at radius 2 is 1.56 bits per heavy atom. The number of carbonyl (C=O) groups excluding carboxylic acids is 2. The Morgan fingerprint density at radius 1 is 0.920 bits per heavy atom. The van der Waals surface area contributed by atoms with Gasteiger partial charge in [-0.15, -0.1) is 0 Å². The highest BCUT2D eigenvalue weighted by atomic mass is 16.4. The smallest absolute Gasteiger partial charge is 0.306 e. The van der Waals surface area contributed by atoms with E-state index in [1.54, 1.807) is 42.7 Å². The highest BCUT2D eigenvalue weighted by Crippen LogP contribution is 2.24. The van der Waals surface area contributed by atoms with Crippen molar-refractivity contribution in [3.05, 3.63) is 59.4 Å². The Kier molecular flexibility index (Phi) is 4.97. The lowest BCUT2D eigenvalue weighted by molar-refractivity contribution is -0.142. The average molecular weight is 340 g/mol. The van der Waals surface area contributed by atoms with Crippen molar-refractivity contribution in [2.24, 2.45) is 5.92 Å². The molecule has 130 valence electrons. The van der Waals surface area contributed by atoms with Gasteiger partial charge in [-0.3, -0.25) is 14.4 Å². The first-order chi connectivity index (χ1) is 12.0. The Balaban J connectivity index is 1.58. The molecule has 3 N–H and O–H groups in total. The number of carbonyl (C=O) groups is 3. The van der Waals surface area contributed by atoms with Gasteiger partial charge in [-0.25, -0.2) is 0 Å².